The number of rotatable bonds is 5. The van der Waals surface area contributed by atoms with Crippen LogP contribution in [0.3, 0.4) is 0 Å². The molecule has 0 bridgehead atoms. The monoisotopic (exact) mass is 282 g/mol. The maximum absolute atomic E-state index is 13.4. The van der Waals surface area contributed by atoms with Crippen LogP contribution in [0.2, 0.25) is 0 Å². The topological polar surface area (TPSA) is 73.6 Å². The molecule has 0 radical (unpaired) electrons. The number of hydrogen-bond donors (Lipinski definition) is 2. The van der Waals surface area contributed by atoms with E-state index in [1.165, 1.54) is 18.2 Å². The first-order chi connectivity index (χ1) is 9.65. The molecule has 0 saturated carbocycles. The highest BCUT2D eigenvalue weighted by atomic mass is 19.1. The second-order valence-corrected chi connectivity index (χ2v) is 4.79. The van der Waals surface area contributed by atoms with Gasteiger partial charge >= 0.3 is 0 Å². The van der Waals surface area contributed by atoms with E-state index in [4.69, 9.17) is 15.2 Å². The lowest BCUT2D eigenvalue weighted by Gasteiger charge is -2.22. The zero-order valence-corrected chi connectivity index (χ0v) is 11.2. The summed E-state index contributed by atoms with van der Waals surface area (Å²) in [4.78, 5) is 11.6. The van der Waals surface area contributed by atoms with Gasteiger partial charge in [-0.15, -0.1) is 0 Å². The summed E-state index contributed by atoms with van der Waals surface area (Å²) in [5.74, 6) is -0.937. The minimum atomic E-state index is -0.525. The van der Waals surface area contributed by atoms with Crippen LogP contribution in [0.4, 0.5) is 15.8 Å². The molecule has 5 nitrogen and oxygen atoms in total. The van der Waals surface area contributed by atoms with Crippen molar-refractivity contribution in [1.82, 2.24) is 0 Å². The number of nitrogens with two attached hydrogens (primary N) is 1. The Balaban J connectivity index is 1.73. The van der Waals surface area contributed by atoms with Crippen LogP contribution in [-0.2, 0) is 14.3 Å². The molecular weight excluding hydrogens is 263 g/mol. The van der Waals surface area contributed by atoms with Crippen LogP contribution in [0.1, 0.15) is 19.3 Å². The van der Waals surface area contributed by atoms with Crippen LogP contribution >= 0.6 is 0 Å². The van der Waals surface area contributed by atoms with Crippen molar-refractivity contribution >= 4 is 17.3 Å². The van der Waals surface area contributed by atoms with Crippen molar-refractivity contribution < 1.29 is 18.7 Å². The van der Waals surface area contributed by atoms with E-state index in [1.807, 2.05) is 0 Å². The van der Waals surface area contributed by atoms with E-state index in [0.717, 1.165) is 25.9 Å². The molecule has 1 atom stereocenters. The number of carbonyl (C=O) groups excluding carboxylic acids is 1. The summed E-state index contributed by atoms with van der Waals surface area (Å²) in [7, 11) is 0. The summed E-state index contributed by atoms with van der Waals surface area (Å²) < 4.78 is 24.2. The fourth-order valence-electron chi connectivity index (χ4n) is 2.05. The molecule has 110 valence electrons. The number of hydrogen-bond acceptors (Lipinski definition) is 4. The molecule has 1 aliphatic heterocycles. The second kappa shape index (κ2) is 7.21. The molecule has 0 aliphatic carbocycles. The van der Waals surface area contributed by atoms with Crippen LogP contribution < -0.4 is 11.1 Å². The Morgan fingerprint density at radius 3 is 3.10 bits per heavy atom. The summed E-state index contributed by atoms with van der Waals surface area (Å²) in [6.07, 6.45) is 3.20. The van der Waals surface area contributed by atoms with E-state index >= 15 is 0 Å². The zero-order valence-electron chi connectivity index (χ0n) is 11.2. The number of nitrogen functional groups attached to an aromatic ring is 1. The fourth-order valence-corrected chi connectivity index (χ4v) is 2.05. The Hall–Kier alpha value is -1.66. The lowest BCUT2D eigenvalue weighted by Crippen LogP contribution is -2.27. The number of benzene rings is 1. The van der Waals surface area contributed by atoms with Crippen molar-refractivity contribution in [2.24, 2.45) is 0 Å². The van der Waals surface area contributed by atoms with Gasteiger partial charge in [-0.2, -0.15) is 0 Å². The van der Waals surface area contributed by atoms with Crippen molar-refractivity contribution in [3.63, 3.8) is 0 Å². The average Bonchev–Trinajstić information content (AvgIpc) is 2.44. The Morgan fingerprint density at radius 2 is 2.35 bits per heavy atom. The van der Waals surface area contributed by atoms with E-state index < -0.39 is 11.7 Å². The molecule has 1 aromatic rings. The highest BCUT2D eigenvalue weighted by Crippen LogP contribution is 2.17. The molecule has 6 heteroatoms. The Kier molecular flexibility index (Phi) is 5.31. The summed E-state index contributed by atoms with van der Waals surface area (Å²) >= 11 is 0. The number of amides is 1. The summed E-state index contributed by atoms with van der Waals surface area (Å²) in [5, 5.41) is 2.43. The molecule has 1 heterocycles. The third kappa shape index (κ3) is 4.47. The van der Waals surface area contributed by atoms with Gasteiger partial charge in [-0.3, -0.25) is 4.79 Å². The number of anilines is 2. The molecule has 1 saturated heterocycles. The van der Waals surface area contributed by atoms with Crippen LogP contribution in [0.5, 0.6) is 0 Å². The van der Waals surface area contributed by atoms with Crippen LogP contribution in [0.25, 0.3) is 0 Å². The van der Waals surface area contributed by atoms with E-state index in [1.54, 1.807) is 0 Å². The third-order valence-corrected chi connectivity index (χ3v) is 3.08. The lowest BCUT2D eigenvalue weighted by molar-refractivity contribution is -0.122. The van der Waals surface area contributed by atoms with E-state index in [-0.39, 0.29) is 18.4 Å². The number of carbonyl (C=O) groups is 1. The van der Waals surface area contributed by atoms with Crippen molar-refractivity contribution in [2.75, 3.05) is 30.9 Å². The Bertz CT molecular complexity index is 462. The van der Waals surface area contributed by atoms with Gasteiger partial charge in [0.2, 0.25) is 5.91 Å². The lowest BCUT2D eigenvalue weighted by atomic mass is 10.1. The van der Waals surface area contributed by atoms with E-state index in [9.17, 15) is 9.18 Å². The van der Waals surface area contributed by atoms with Gasteiger partial charge in [0.1, 0.15) is 12.4 Å². The molecule has 1 unspecified atom stereocenters. The molecule has 1 fully saturated rings. The van der Waals surface area contributed by atoms with Crippen LogP contribution in [0, 0.1) is 5.82 Å². The van der Waals surface area contributed by atoms with Crippen molar-refractivity contribution in [1.29, 1.82) is 0 Å². The molecule has 3 N–H and O–H groups in total. The van der Waals surface area contributed by atoms with Gasteiger partial charge in [-0.05, 0) is 37.5 Å². The predicted octanol–water partition coefficient (Wildman–Crippen LogP) is 1.93. The third-order valence-electron chi connectivity index (χ3n) is 3.08. The SMILES string of the molecule is Nc1ccc(F)c(NC(=O)COCC2CCCCO2)c1. The average molecular weight is 282 g/mol. The Labute approximate surface area is 117 Å². The normalized spacial score (nSPS) is 18.8. The standard InChI is InChI=1S/C14H19FN2O3/c15-12-5-4-10(16)7-13(12)17-14(18)9-19-8-11-3-1-2-6-20-11/h4-5,7,11H,1-3,6,8-9,16H2,(H,17,18). The molecule has 0 aromatic heterocycles. The highest BCUT2D eigenvalue weighted by Gasteiger charge is 2.15. The fraction of sp³-hybridized carbons (Fsp3) is 0.500. The zero-order chi connectivity index (χ0) is 14.4. The quantitative estimate of drug-likeness (QED) is 0.809. The molecule has 20 heavy (non-hydrogen) atoms. The maximum atomic E-state index is 13.4. The number of nitrogens with one attached hydrogen (secondary N) is 1. The van der Waals surface area contributed by atoms with Gasteiger partial charge in [0.05, 0.1) is 18.4 Å². The minimum Gasteiger partial charge on any atom is -0.399 e. The molecule has 1 amide bonds. The largest absolute Gasteiger partial charge is 0.399 e. The number of ether oxygens (including phenoxy) is 2. The summed E-state index contributed by atoms with van der Waals surface area (Å²) in [5.41, 5.74) is 5.98. The second-order valence-electron chi connectivity index (χ2n) is 4.79. The van der Waals surface area contributed by atoms with E-state index in [0.29, 0.717) is 12.3 Å². The first-order valence-electron chi connectivity index (χ1n) is 6.69. The summed E-state index contributed by atoms with van der Waals surface area (Å²) in [6.45, 7) is 0.996. The van der Waals surface area contributed by atoms with Gasteiger partial charge in [0.25, 0.3) is 0 Å². The summed E-state index contributed by atoms with van der Waals surface area (Å²) in [6, 6.07) is 4.01. The van der Waals surface area contributed by atoms with Crippen LogP contribution in [-0.4, -0.2) is 31.8 Å². The van der Waals surface area contributed by atoms with Gasteiger partial charge in [0, 0.05) is 12.3 Å². The van der Waals surface area contributed by atoms with Crippen molar-refractivity contribution in [3.8, 4) is 0 Å². The molecule has 1 aliphatic rings. The molecular formula is C14H19FN2O3. The van der Waals surface area contributed by atoms with Crippen LogP contribution in [0.15, 0.2) is 18.2 Å². The predicted molar refractivity (Wildman–Crippen MR) is 73.9 cm³/mol. The Morgan fingerprint density at radius 1 is 1.50 bits per heavy atom. The van der Waals surface area contributed by atoms with Gasteiger partial charge in [-0.1, -0.05) is 0 Å². The first kappa shape index (κ1) is 14.7. The van der Waals surface area contributed by atoms with Gasteiger partial charge in [-0.25, -0.2) is 4.39 Å². The van der Waals surface area contributed by atoms with Gasteiger partial charge < -0.3 is 20.5 Å². The van der Waals surface area contributed by atoms with Crippen molar-refractivity contribution in [3.05, 3.63) is 24.0 Å². The highest BCUT2D eigenvalue weighted by molar-refractivity contribution is 5.92. The molecule has 2 rings (SSSR count). The first-order valence-corrected chi connectivity index (χ1v) is 6.69. The minimum absolute atomic E-state index is 0.0562. The smallest absolute Gasteiger partial charge is 0.250 e. The van der Waals surface area contributed by atoms with E-state index in [2.05, 4.69) is 5.32 Å². The number of halogens is 1. The molecule has 1 aromatic carbocycles. The van der Waals surface area contributed by atoms with Gasteiger partial charge in [0.15, 0.2) is 0 Å². The maximum Gasteiger partial charge on any atom is 0.250 e. The van der Waals surface area contributed by atoms with Crippen molar-refractivity contribution in [2.45, 2.75) is 25.4 Å². The molecule has 0 spiro atoms.